The van der Waals surface area contributed by atoms with E-state index in [0.29, 0.717) is 6.54 Å². The third kappa shape index (κ3) is 2.56. The largest absolute Gasteiger partial charge is 0.312 e. The standard InChI is InChI=1S/C14H16N4O/c1-10-4-11(7-16-6-10)9-18-14(19)5-12-8-15-3-2-13(12)17-18/h4-7,15H,2-3,8-9H2,1H3. The Hall–Kier alpha value is -2.01. The highest BCUT2D eigenvalue weighted by atomic mass is 16.1. The van der Waals surface area contributed by atoms with Gasteiger partial charge in [-0.1, -0.05) is 6.07 Å². The van der Waals surface area contributed by atoms with Gasteiger partial charge in [0.15, 0.2) is 0 Å². The fourth-order valence-corrected chi connectivity index (χ4v) is 2.35. The molecule has 0 fully saturated rings. The van der Waals surface area contributed by atoms with Crippen LogP contribution in [0.3, 0.4) is 0 Å². The Morgan fingerprint density at radius 2 is 2.26 bits per heavy atom. The van der Waals surface area contributed by atoms with Crippen LogP contribution in [0.15, 0.2) is 29.3 Å². The molecule has 2 aromatic heterocycles. The molecule has 0 radical (unpaired) electrons. The Balaban J connectivity index is 1.95. The summed E-state index contributed by atoms with van der Waals surface area (Å²) in [6.45, 7) is 4.13. The van der Waals surface area contributed by atoms with E-state index in [4.69, 9.17) is 0 Å². The smallest absolute Gasteiger partial charge is 0.267 e. The lowest BCUT2D eigenvalue weighted by Gasteiger charge is -2.17. The van der Waals surface area contributed by atoms with Gasteiger partial charge in [0.05, 0.1) is 12.2 Å². The van der Waals surface area contributed by atoms with Crippen LogP contribution >= 0.6 is 0 Å². The average Bonchev–Trinajstić information content (AvgIpc) is 2.40. The van der Waals surface area contributed by atoms with Crippen LogP contribution < -0.4 is 10.9 Å². The van der Waals surface area contributed by atoms with Crippen molar-refractivity contribution < 1.29 is 0 Å². The molecule has 2 aromatic rings. The highest BCUT2D eigenvalue weighted by Crippen LogP contribution is 2.08. The van der Waals surface area contributed by atoms with E-state index in [0.717, 1.165) is 41.9 Å². The Labute approximate surface area is 111 Å². The maximum atomic E-state index is 12.0. The highest BCUT2D eigenvalue weighted by Gasteiger charge is 2.12. The maximum absolute atomic E-state index is 12.0. The fraction of sp³-hybridized carbons (Fsp3) is 0.357. The van der Waals surface area contributed by atoms with Crippen molar-refractivity contribution in [3.05, 3.63) is 57.3 Å². The van der Waals surface area contributed by atoms with Gasteiger partial charge in [-0.25, -0.2) is 4.68 Å². The number of nitrogens with one attached hydrogen (secondary N) is 1. The summed E-state index contributed by atoms with van der Waals surface area (Å²) in [5.74, 6) is 0. The van der Waals surface area contributed by atoms with Crippen molar-refractivity contribution in [2.75, 3.05) is 6.54 Å². The molecule has 0 atom stereocenters. The van der Waals surface area contributed by atoms with Crippen LogP contribution in [0.25, 0.3) is 0 Å². The molecule has 0 spiro atoms. The maximum Gasteiger partial charge on any atom is 0.267 e. The van der Waals surface area contributed by atoms with Crippen molar-refractivity contribution in [3.63, 3.8) is 0 Å². The molecule has 0 bridgehead atoms. The van der Waals surface area contributed by atoms with Gasteiger partial charge in [0.1, 0.15) is 0 Å². The second kappa shape index (κ2) is 4.93. The molecule has 5 heteroatoms. The average molecular weight is 256 g/mol. The van der Waals surface area contributed by atoms with E-state index in [-0.39, 0.29) is 5.56 Å². The van der Waals surface area contributed by atoms with Crippen LogP contribution in [0.5, 0.6) is 0 Å². The molecular weight excluding hydrogens is 240 g/mol. The molecule has 3 rings (SSSR count). The molecule has 0 amide bonds. The van der Waals surface area contributed by atoms with E-state index in [1.54, 1.807) is 18.5 Å². The van der Waals surface area contributed by atoms with E-state index in [9.17, 15) is 4.79 Å². The Bertz CT molecular complexity index is 663. The first-order valence-electron chi connectivity index (χ1n) is 6.43. The molecule has 1 N–H and O–H groups in total. The Morgan fingerprint density at radius 1 is 1.37 bits per heavy atom. The Morgan fingerprint density at radius 3 is 3.11 bits per heavy atom. The van der Waals surface area contributed by atoms with Crippen LogP contribution in [0.4, 0.5) is 0 Å². The van der Waals surface area contributed by atoms with Crippen LogP contribution in [0.1, 0.15) is 22.4 Å². The molecule has 1 aliphatic heterocycles. The third-order valence-corrected chi connectivity index (χ3v) is 3.28. The van der Waals surface area contributed by atoms with E-state index in [1.165, 1.54) is 4.68 Å². The van der Waals surface area contributed by atoms with Crippen molar-refractivity contribution in [3.8, 4) is 0 Å². The number of fused-ring (bicyclic) bond motifs is 1. The fourth-order valence-electron chi connectivity index (χ4n) is 2.35. The van der Waals surface area contributed by atoms with Gasteiger partial charge in [-0.15, -0.1) is 0 Å². The zero-order valence-corrected chi connectivity index (χ0v) is 10.9. The molecule has 0 saturated carbocycles. The van der Waals surface area contributed by atoms with Crippen LogP contribution in [-0.2, 0) is 19.5 Å². The van der Waals surface area contributed by atoms with Gasteiger partial charge in [-0.3, -0.25) is 9.78 Å². The summed E-state index contributed by atoms with van der Waals surface area (Å²) in [6, 6.07) is 3.72. The quantitative estimate of drug-likeness (QED) is 0.856. The summed E-state index contributed by atoms with van der Waals surface area (Å²) in [4.78, 5) is 16.2. The number of aromatic nitrogens is 3. The van der Waals surface area contributed by atoms with Gasteiger partial charge in [-0.05, 0) is 23.6 Å². The van der Waals surface area contributed by atoms with Gasteiger partial charge in [0, 0.05) is 38.0 Å². The van der Waals surface area contributed by atoms with Crippen molar-refractivity contribution in [1.82, 2.24) is 20.1 Å². The number of hydrogen-bond acceptors (Lipinski definition) is 4. The topological polar surface area (TPSA) is 59.8 Å². The first-order valence-corrected chi connectivity index (χ1v) is 6.43. The molecule has 0 aromatic carbocycles. The van der Waals surface area contributed by atoms with Crippen LogP contribution in [0.2, 0.25) is 0 Å². The molecule has 3 heterocycles. The summed E-state index contributed by atoms with van der Waals surface area (Å²) in [6.07, 6.45) is 4.46. The minimum atomic E-state index is -0.0519. The predicted octanol–water partition coefficient (Wildman–Crippen LogP) is 0.641. The van der Waals surface area contributed by atoms with Gasteiger partial charge in [0.25, 0.3) is 5.56 Å². The third-order valence-electron chi connectivity index (χ3n) is 3.28. The lowest BCUT2D eigenvalue weighted by Crippen LogP contribution is -2.31. The summed E-state index contributed by atoms with van der Waals surface area (Å²) < 4.78 is 1.53. The SMILES string of the molecule is Cc1cncc(Cn2nc3c(cc2=O)CNCC3)c1. The number of aryl methyl sites for hydroxylation is 1. The summed E-state index contributed by atoms with van der Waals surface area (Å²) >= 11 is 0. The van der Waals surface area contributed by atoms with Crippen molar-refractivity contribution in [2.45, 2.75) is 26.4 Å². The van der Waals surface area contributed by atoms with Gasteiger partial charge < -0.3 is 5.32 Å². The van der Waals surface area contributed by atoms with Crippen molar-refractivity contribution in [1.29, 1.82) is 0 Å². The lowest BCUT2D eigenvalue weighted by atomic mass is 10.1. The molecule has 98 valence electrons. The number of rotatable bonds is 2. The van der Waals surface area contributed by atoms with E-state index in [2.05, 4.69) is 15.4 Å². The minimum absolute atomic E-state index is 0.0519. The van der Waals surface area contributed by atoms with Crippen molar-refractivity contribution >= 4 is 0 Å². The molecule has 19 heavy (non-hydrogen) atoms. The van der Waals surface area contributed by atoms with Crippen molar-refractivity contribution in [2.24, 2.45) is 0 Å². The summed E-state index contributed by atoms with van der Waals surface area (Å²) in [5, 5.41) is 7.72. The summed E-state index contributed by atoms with van der Waals surface area (Å²) in [5.41, 5.74) is 4.09. The number of hydrogen-bond donors (Lipinski definition) is 1. The monoisotopic (exact) mass is 256 g/mol. The van der Waals surface area contributed by atoms with Gasteiger partial charge in [0.2, 0.25) is 0 Å². The second-order valence-corrected chi connectivity index (χ2v) is 4.91. The molecule has 0 aliphatic carbocycles. The molecular formula is C14H16N4O. The van der Waals surface area contributed by atoms with E-state index >= 15 is 0 Å². The zero-order chi connectivity index (χ0) is 13.2. The van der Waals surface area contributed by atoms with Crippen LogP contribution in [0, 0.1) is 6.92 Å². The van der Waals surface area contributed by atoms with Crippen LogP contribution in [-0.4, -0.2) is 21.3 Å². The van der Waals surface area contributed by atoms with Gasteiger partial charge in [-0.2, -0.15) is 5.10 Å². The molecule has 0 unspecified atom stereocenters. The normalized spacial score (nSPS) is 14.2. The molecule has 1 aliphatic rings. The highest BCUT2D eigenvalue weighted by molar-refractivity contribution is 5.21. The zero-order valence-electron chi connectivity index (χ0n) is 10.9. The minimum Gasteiger partial charge on any atom is -0.312 e. The summed E-state index contributed by atoms with van der Waals surface area (Å²) in [7, 11) is 0. The predicted molar refractivity (Wildman–Crippen MR) is 72.0 cm³/mol. The lowest BCUT2D eigenvalue weighted by molar-refractivity contribution is 0.562. The van der Waals surface area contributed by atoms with Gasteiger partial charge >= 0.3 is 0 Å². The molecule has 0 saturated heterocycles. The first-order chi connectivity index (χ1) is 9.22. The molecule has 5 nitrogen and oxygen atoms in total. The second-order valence-electron chi connectivity index (χ2n) is 4.91. The first kappa shape index (κ1) is 12.0. The number of pyridine rings is 1. The van der Waals surface area contributed by atoms with E-state index < -0.39 is 0 Å². The Kier molecular flexibility index (Phi) is 3.13. The van der Waals surface area contributed by atoms with E-state index in [1.807, 2.05) is 13.0 Å². The number of nitrogens with zero attached hydrogens (tertiary/aromatic N) is 3.